The fraction of sp³-hybridized carbons (Fsp3) is 0.200. The summed E-state index contributed by atoms with van der Waals surface area (Å²) < 4.78 is 24.3. The van der Waals surface area contributed by atoms with Crippen LogP contribution in [0.3, 0.4) is 0 Å². The van der Waals surface area contributed by atoms with Crippen LogP contribution in [-0.4, -0.2) is 20.7 Å². The number of anilines is 1. The number of hydrogen-bond donors (Lipinski definition) is 1. The summed E-state index contributed by atoms with van der Waals surface area (Å²) in [6, 6.07) is 14.1. The summed E-state index contributed by atoms with van der Waals surface area (Å²) in [5, 5.41) is 3.73. The van der Waals surface area contributed by atoms with Crippen LogP contribution >= 0.6 is 11.6 Å². The van der Waals surface area contributed by atoms with Gasteiger partial charge in [-0.2, -0.15) is 0 Å². The summed E-state index contributed by atoms with van der Waals surface area (Å²) in [5.41, 5.74) is 1.90. The lowest BCUT2D eigenvalue weighted by Crippen LogP contribution is -2.15. The molecule has 3 nitrogen and oxygen atoms in total. The second-order valence-electron chi connectivity index (χ2n) is 4.57. The predicted molar refractivity (Wildman–Crippen MR) is 83.2 cm³/mol. The largest absolute Gasteiger partial charge is 0.384 e. The van der Waals surface area contributed by atoms with Gasteiger partial charge in [0.25, 0.3) is 0 Å². The summed E-state index contributed by atoms with van der Waals surface area (Å²) in [6.07, 6.45) is 0. The van der Waals surface area contributed by atoms with Crippen LogP contribution in [0, 0.1) is 6.92 Å². The van der Waals surface area contributed by atoms with Gasteiger partial charge in [0.05, 0.1) is 10.6 Å². The van der Waals surface area contributed by atoms with E-state index in [9.17, 15) is 8.42 Å². The van der Waals surface area contributed by atoms with Gasteiger partial charge in [-0.15, -0.1) is 0 Å². The SMILES string of the molecule is Cc1ccc(S(=O)(=O)CCNc2ccc(Cl)cc2)cc1. The van der Waals surface area contributed by atoms with Crippen molar-refractivity contribution in [3.05, 3.63) is 59.1 Å². The summed E-state index contributed by atoms with van der Waals surface area (Å²) >= 11 is 5.79. The quantitative estimate of drug-likeness (QED) is 0.919. The Labute approximate surface area is 124 Å². The van der Waals surface area contributed by atoms with Crippen molar-refractivity contribution in [1.82, 2.24) is 0 Å². The zero-order valence-corrected chi connectivity index (χ0v) is 12.7. The fourth-order valence-corrected chi connectivity index (χ4v) is 3.04. The highest BCUT2D eigenvalue weighted by Gasteiger charge is 2.13. The number of rotatable bonds is 5. The molecule has 0 aromatic heterocycles. The van der Waals surface area contributed by atoms with E-state index in [1.54, 1.807) is 36.4 Å². The minimum absolute atomic E-state index is 0.0543. The van der Waals surface area contributed by atoms with Crippen LogP contribution in [0.1, 0.15) is 5.56 Å². The molecule has 1 N–H and O–H groups in total. The Morgan fingerprint density at radius 3 is 2.20 bits per heavy atom. The number of sulfone groups is 1. The lowest BCUT2D eigenvalue weighted by Gasteiger charge is -2.08. The van der Waals surface area contributed by atoms with Crippen molar-refractivity contribution in [1.29, 1.82) is 0 Å². The van der Waals surface area contributed by atoms with Crippen molar-refractivity contribution in [3.63, 3.8) is 0 Å². The normalized spacial score (nSPS) is 11.3. The van der Waals surface area contributed by atoms with E-state index in [0.717, 1.165) is 11.3 Å². The Morgan fingerprint density at radius 1 is 1.00 bits per heavy atom. The van der Waals surface area contributed by atoms with Crippen LogP contribution in [0.15, 0.2) is 53.4 Å². The van der Waals surface area contributed by atoms with Gasteiger partial charge in [-0.25, -0.2) is 8.42 Å². The first-order valence-corrected chi connectivity index (χ1v) is 8.29. The molecule has 0 aliphatic rings. The Bertz CT molecular complexity index is 664. The molecule has 0 amide bonds. The minimum Gasteiger partial charge on any atom is -0.384 e. The molecule has 0 unspecified atom stereocenters. The van der Waals surface area contributed by atoms with E-state index < -0.39 is 9.84 Å². The van der Waals surface area contributed by atoms with Gasteiger partial charge in [-0.1, -0.05) is 29.3 Å². The average Bonchev–Trinajstić information content (AvgIpc) is 2.41. The molecule has 0 bridgehead atoms. The zero-order chi connectivity index (χ0) is 14.6. The molecule has 2 aromatic rings. The van der Waals surface area contributed by atoms with Gasteiger partial charge in [0.2, 0.25) is 0 Å². The van der Waals surface area contributed by atoms with E-state index in [-0.39, 0.29) is 5.75 Å². The molecule has 0 aliphatic heterocycles. The maximum atomic E-state index is 12.1. The standard InChI is InChI=1S/C15H16ClNO2S/c1-12-2-8-15(9-3-12)20(18,19)11-10-17-14-6-4-13(16)5-7-14/h2-9,17H,10-11H2,1H3. The Kier molecular flexibility index (Phi) is 4.68. The van der Waals surface area contributed by atoms with Gasteiger partial charge in [0.1, 0.15) is 0 Å². The van der Waals surface area contributed by atoms with E-state index in [1.807, 2.05) is 19.1 Å². The Balaban J connectivity index is 1.96. The highest BCUT2D eigenvalue weighted by atomic mass is 35.5. The van der Waals surface area contributed by atoms with E-state index in [0.29, 0.717) is 16.5 Å². The molecule has 0 spiro atoms. The number of nitrogens with one attached hydrogen (secondary N) is 1. The van der Waals surface area contributed by atoms with E-state index in [1.165, 1.54) is 0 Å². The summed E-state index contributed by atoms with van der Waals surface area (Å²) in [5.74, 6) is 0.0543. The highest BCUT2D eigenvalue weighted by Crippen LogP contribution is 2.15. The van der Waals surface area contributed by atoms with Crippen LogP contribution in [0.4, 0.5) is 5.69 Å². The molecule has 5 heteroatoms. The van der Waals surface area contributed by atoms with Crippen molar-refractivity contribution in [2.75, 3.05) is 17.6 Å². The van der Waals surface area contributed by atoms with Crippen molar-refractivity contribution in [2.45, 2.75) is 11.8 Å². The molecule has 0 aliphatic carbocycles. The molecular formula is C15H16ClNO2S. The van der Waals surface area contributed by atoms with Crippen molar-refractivity contribution in [3.8, 4) is 0 Å². The van der Waals surface area contributed by atoms with Crippen LogP contribution in [-0.2, 0) is 9.84 Å². The number of halogens is 1. The molecule has 106 valence electrons. The van der Waals surface area contributed by atoms with E-state index in [4.69, 9.17) is 11.6 Å². The van der Waals surface area contributed by atoms with Crippen LogP contribution in [0.5, 0.6) is 0 Å². The summed E-state index contributed by atoms with van der Waals surface area (Å²) in [4.78, 5) is 0.362. The molecule has 2 aromatic carbocycles. The van der Waals surface area contributed by atoms with E-state index >= 15 is 0 Å². The summed E-state index contributed by atoms with van der Waals surface area (Å²) in [6.45, 7) is 2.29. The first-order valence-electron chi connectivity index (χ1n) is 6.26. The van der Waals surface area contributed by atoms with Gasteiger partial charge in [0.15, 0.2) is 9.84 Å². The molecule has 2 rings (SSSR count). The molecule has 0 fully saturated rings. The van der Waals surface area contributed by atoms with Gasteiger partial charge in [-0.05, 0) is 43.3 Å². The zero-order valence-electron chi connectivity index (χ0n) is 11.1. The fourth-order valence-electron chi connectivity index (χ4n) is 1.76. The predicted octanol–water partition coefficient (Wildman–Crippen LogP) is 3.53. The number of hydrogen-bond acceptors (Lipinski definition) is 3. The third-order valence-electron chi connectivity index (χ3n) is 2.92. The van der Waals surface area contributed by atoms with Crippen LogP contribution < -0.4 is 5.32 Å². The minimum atomic E-state index is -3.24. The van der Waals surface area contributed by atoms with Gasteiger partial charge in [0, 0.05) is 17.3 Å². The first kappa shape index (κ1) is 14.9. The molecule has 20 heavy (non-hydrogen) atoms. The van der Waals surface area contributed by atoms with Gasteiger partial charge >= 0.3 is 0 Å². The number of benzene rings is 2. The monoisotopic (exact) mass is 309 g/mol. The van der Waals surface area contributed by atoms with Gasteiger partial charge in [-0.3, -0.25) is 0 Å². The highest BCUT2D eigenvalue weighted by molar-refractivity contribution is 7.91. The average molecular weight is 310 g/mol. The van der Waals surface area contributed by atoms with Crippen LogP contribution in [0.25, 0.3) is 0 Å². The van der Waals surface area contributed by atoms with Crippen molar-refractivity contribution in [2.24, 2.45) is 0 Å². The van der Waals surface area contributed by atoms with Crippen molar-refractivity contribution >= 4 is 27.1 Å². The molecule has 0 radical (unpaired) electrons. The molecule has 0 atom stereocenters. The molecule has 0 saturated carbocycles. The Morgan fingerprint density at radius 2 is 1.60 bits per heavy atom. The molecular weight excluding hydrogens is 294 g/mol. The van der Waals surface area contributed by atoms with E-state index in [2.05, 4.69) is 5.32 Å². The second-order valence-corrected chi connectivity index (χ2v) is 7.11. The topological polar surface area (TPSA) is 46.2 Å². The second kappa shape index (κ2) is 6.29. The Hall–Kier alpha value is -1.52. The smallest absolute Gasteiger partial charge is 0.180 e. The third-order valence-corrected chi connectivity index (χ3v) is 4.91. The van der Waals surface area contributed by atoms with Crippen molar-refractivity contribution < 1.29 is 8.42 Å². The first-order chi connectivity index (χ1) is 9.47. The van der Waals surface area contributed by atoms with Crippen LogP contribution in [0.2, 0.25) is 5.02 Å². The maximum absolute atomic E-state index is 12.1. The molecule has 0 heterocycles. The summed E-state index contributed by atoms with van der Waals surface area (Å²) in [7, 11) is -3.24. The lowest BCUT2D eigenvalue weighted by molar-refractivity contribution is 0.596. The number of aryl methyl sites for hydroxylation is 1. The third kappa shape index (κ3) is 3.99. The molecule has 0 saturated heterocycles. The van der Waals surface area contributed by atoms with Gasteiger partial charge < -0.3 is 5.32 Å². The lowest BCUT2D eigenvalue weighted by atomic mass is 10.2. The maximum Gasteiger partial charge on any atom is 0.180 e.